The second-order valence-electron chi connectivity index (χ2n) is 6.80. The Morgan fingerprint density at radius 2 is 1.96 bits per heavy atom. The van der Waals surface area contributed by atoms with Gasteiger partial charge in [-0.3, -0.25) is 4.79 Å². The third kappa shape index (κ3) is 3.88. The van der Waals surface area contributed by atoms with Crippen molar-refractivity contribution in [2.45, 2.75) is 12.8 Å². The Morgan fingerprint density at radius 3 is 2.60 bits per heavy atom. The second-order valence-corrected chi connectivity index (χ2v) is 6.80. The van der Waals surface area contributed by atoms with Gasteiger partial charge in [0.25, 0.3) is 0 Å². The zero-order valence-electron chi connectivity index (χ0n) is 15.2. The number of piperidine rings is 1. The van der Waals surface area contributed by atoms with Crippen molar-refractivity contribution in [1.29, 1.82) is 0 Å². The Kier molecular flexibility index (Phi) is 5.75. The lowest BCUT2D eigenvalue weighted by atomic mass is 9.78. The van der Waals surface area contributed by atoms with Crippen molar-refractivity contribution >= 4 is 11.7 Å². The molecule has 2 aliphatic rings. The van der Waals surface area contributed by atoms with Crippen molar-refractivity contribution in [3.8, 4) is 5.75 Å². The molecule has 1 aromatic heterocycles. The first-order valence-electron chi connectivity index (χ1n) is 8.92. The molecule has 0 unspecified atom stereocenters. The molecule has 7 heteroatoms. The molecular formula is C18H28N4O3. The molecule has 0 aromatic carbocycles. The van der Waals surface area contributed by atoms with Gasteiger partial charge in [-0.1, -0.05) is 0 Å². The topological polar surface area (TPSA) is 66.9 Å². The maximum absolute atomic E-state index is 13.2. The Morgan fingerprint density at radius 1 is 1.24 bits per heavy atom. The van der Waals surface area contributed by atoms with E-state index in [9.17, 15) is 4.79 Å². The number of aromatic nitrogens is 1. The lowest BCUT2D eigenvalue weighted by molar-refractivity contribution is -0.147. The summed E-state index contributed by atoms with van der Waals surface area (Å²) in [5, 5.41) is 3.34. The molecule has 7 nitrogen and oxygen atoms in total. The fraction of sp³-hybridized carbons (Fsp3) is 0.667. The summed E-state index contributed by atoms with van der Waals surface area (Å²) in [6, 6.07) is 3.78. The largest absolute Gasteiger partial charge is 0.497 e. The Bertz CT molecular complexity index is 576. The van der Waals surface area contributed by atoms with Gasteiger partial charge in [-0.05, 0) is 32.0 Å². The number of nitrogens with zero attached hydrogens (tertiary/aromatic N) is 3. The first kappa shape index (κ1) is 17.9. The fourth-order valence-corrected chi connectivity index (χ4v) is 3.78. The average Bonchev–Trinajstić information content (AvgIpc) is 2.68. The van der Waals surface area contributed by atoms with Gasteiger partial charge in [0.05, 0.1) is 19.1 Å². The Hall–Kier alpha value is -1.86. The molecule has 2 fully saturated rings. The smallest absolute Gasteiger partial charge is 0.231 e. The number of hydrogen-bond acceptors (Lipinski definition) is 6. The molecule has 1 N–H and O–H groups in total. The number of carbonyl (C=O) groups excluding carboxylic acids is 1. The van der Waals surface area contributed by atoms with Gasteiger partial charge < -0.3 is 24.6 Å². The lowest BCUT2D eigenvalue weighted by Crippen LogP contribution is -2.56. The molecule has 1 aromatic rings. The summed E-state index contributed by atoms with van der Waals surface area (Å²) in [6.07, 6.45) is 3.45. The molecule has 0 atom stereocenters. The lowest BCUT2D eigenvalue weighted by Gasteiger charge is -2.43. The first-order valence-corrected chi connectivity index (χ1v) is 8.92. The van der Waals surface area contributed by atoms with E-state index in [0.29, 0.717) is 6.61 Å². The van der Waals surface area contributed by atoms with E-state index in [1.807, 2.05) is 17.0 Å². The molecule has 0 aliphatic carbocycles. The maximum atomic E-state index is 13.2. The van der Waals surface area contributed by atoms with E-state index in [2.05, 4.69) is 15.2 Å². The van der Waals surface area contributed by atoms with Crippen LogP contribution in [0, 0.1) is 5.41 Å². The van der Waals surface area contributed by atoms with Crippen LogP contribution in [0.4, 0.5) is 5.82 Å². The van der Waals surface area contributed by atoms with Crippen LogP contribution in [0.5, 0.6) is 5.75 Å². The highest BCUT2D eigenvalue weighted by Gasteiger charge is 2.42. The van der Waals surface area contributed by atoms with Crippen LogP contribution in [0.25, 0.3) is 0 Å². The minimum Gasteiger partial charge on any atom is -0.497 e. The molecule has 25 heavy (non-hydrogen) atoms. The number of anilines is 1. The molecule has 0 radical (unpaired) electrons. The number of carbonyl (C=O) groups is 1. The number of ether oxygens (including phenoxy) is 2. The molecular weight excluding hydrogens is 320 g/mol. The van der Waals surface area contributed by atoms with Crippen LogP contribution >= 0.6 is 0 Å². The minimum atomic E-state index is -0.365. The number of methoxy groups -OCH3 is 2. The van der Waals surface area contributed by atoms with Crippen LogP contribution in [0.2, 0.25) is 0 Å². The van der Waals surface area contributed by atoms with Gasteiger partial charge >= 0.3 is 0 Å². The molecule has 0 bridgehead atoms. The molecule has 0 spiro atoms. The summed E-state index contributed by atoms with van der Waals surface area (Å²) < 4.78 is 10.7. The highest BCUT2D eigenvalue weighted by molar-refractivity contribution is 5.83. The van der Waals surface area contributed by atoms with Crippen molar-refractivity contribution in [1.82, 2.24) is 15.2 Å². The van der Waals surface area contributed by atoms with Crippen LogP contribution in [0.15, 0.2) is 18.3 Å². The summed E-state index contributed by atoms with van der Waals surface area (Å²) in [5.41, 5.74) is -0.365. The van der Waals surface area contributed by atoms with Gasteiger partial charge in [0.15, 0.2) is 0 Å². The van der Waals surface area contributed by atoms with Crippen molar-refractivity contribution in [3.63, 3.8) is 0 Å². The van der Waals surface area contributed by atoms with Crippen LogP contribution < -0.4 is 15.0 Å². The molecule has 3 rings (SSSR count). The number of rotatable bonds is 5. The zero-order valence-corrected chi connectivity index (χ0v) is 15.2. The van der Waals surface area contributed by atoms with Crippen LogP contribution in [0.3, 0.4) is 0 Å². The van der Waals surface area contributed by atoms with Gasteiger partial charge in [-0.25, -0.2) is 4.98 Å². The van der Waals surface area contributed by atoms with E-state index in [4.69, 9.17) is 9.47 Å². The molecule has 3 heterocycles. The number of piperazine rings is 1. The number of amides is 1. The number of nitrogens with one attached hydrogen (secondary N) is 1. The summed E-state index contributed by atoms with van der Waals surface area (Å²) in [7, 11) is 3.34. The summed E-state index contributed by atoms with van der Waals surface area (Å²) in [4.78, 5) is 21.8. The highest BCUT2D eigenvalue weighted by Crippen LogP contribution is 2.32. The van der Waals surface area contributed by atoms with Crippen LogP contribution in [0.1, 0.15) is 12.8 Å². The predicted octanol–water partition coefficient (Wildman–Crippen LogP) is 0.755. The van der Waals surface area contributed by atoms with Gasteiger partial charge in [-0.15, -0.1) is 0 Å². The van der Waals surface area contributed by atoms with E-state index in [1.54, 1.807) is 20.4 Å². The molecule has 1 amide bonds. The number of hydrogen-bond donors (Lipinski definition) is 1. The standard InChI is InChI=1S/C18H28N4O3/c1-24-14-18(4-7-19-8-5-18)17(23)22-11-9-21(10-12-22)16-13-15(25-2)3-6-20-16/h3,6,13,19H,4-5,7-12,14H2,1-2H3. The SMILES string of the molecule is COCC1(C(=O)N2CCN(c3cc(OC)ccn3)CC2)CCNCC1. The molecule has 2 saturated heterocycles. The van der Waals surface area contributed by atoms with Crippen molar-refractivity contribution in [2.24, 2.45) is 5.41 Å². The van der Waals surface area contributed by atoms with E-state index in [0.717, 1.165) is 63.7 Å². The first-order chi connectivity index (χ1) is 12.2. The Balaban J connectivity index is 1.63. The molecule has 138 valence electrons. The zero-order chi connectivity index (χ0) is 17.7. The monoisotopic (exact) mass is 348 g/mol. The van der Waals surface area contributed by atoms with Crippen molar-refractivity contribution in [2.75, 3.05) is 65.0 Å². The fourth-order valence-electron chi connectivity index (χ4n) is 3.78. The highest BCUT2D eigenvalue weighted by atomic mass is 16.5. The van der Waals surface area contributed by atoms with Crippen LogP contribution in [-0.4, -0.2) is 75.9 Å². The third-order valence-electron chi connectivity index (χ3n) is 5.28. The van der Waals surface area contributed by atoms with Crippen molar-refractivity contribution < 1.29 is 14.3 Å². The average molecular weight is 348 g/mol. The minimum absolute atomic E-state index is 0.245. The van der Waals surface area contributed by atoms with Gasteiger partial charge in [-0.2, -0.15) is 0 Å². The summed E-state index contributed by atoms with van der Waals surface area (Å²) in [6.45, 7) is 5.27. The molecule has 2 aliphatic heterocycles. The normalized spacial score (nSPS) is 20.4. The van der Waals surface area contributed by atoms with E-state index < -0.39 is 0 Å². The van der Waals surface area contributed by atoms with Gasteiger partial charge in [0.2, 0.25) is 5.91 Å². The summed E-state index contributed by atoms with van der Waals surface area (Å²) >= 11 is 0. The maximum Gasteiger partial charge on any atom is 0.231 e. The van der Waals surface area contributed by atoms with Crippen molar-refractivity contribution in [3.05, 3.63) is 18.3 Å². The summed E-state index contributed by atoms with van der Waals surface area (Å²) in [5.74, 6) is 1.95. The quantitative estimate of drug-likeness (QED) is 0.847. The van der Waals surface area contributed by atoms with Gasteiger partial charge in [0.1, 0.15) is 11.6 Å². The van der Waals surface area contributed by atoms with Gasteiger partial charge in [0, 0.05) is 45.6 Å². The number of pyridine rings is 1. The Labute approximate surface area is 149 Å². The van der Waals surface area contributed by atoms with E-state index in [-0.39, 0.29) is 11.3 Å². The van der Waals surface area contributed by atoms with E-state index >= 15 is 0 Å². The second kappa shape index (κ2) is 8.01. The third-order valence-corrected chi connectivity index (χ3v) is 5.28. The van der Waals surface area contributed by atoms with Crippen LogP contribution in [-0.2, 0) is 9.53 Å². The van der Waals surface area contributed by atoms with E-state index in [1.165, 1.54) is 0 Å². The molecule has 0 saturated carbocycles. The predicted molar refractivity (Wildman–Crippen MR) is 96.0 cm³/mol.